The van der Waals surface area contributed by atoms with Crippen LogP contribution in [0.4, 0.5) is 0 Å². The van der Waals surface area contributed by atoms with Crippen LogP contribution in [-0.2, 0) is 14.1 Å². The Morgan fingerprint density at radius 2 is 0.967 bits per heavy atom. The van der Waals surface area contributed by atoms with Gasteiger partial charge >= 0.3 is 0 Å². The van der Waals surface area contributed by atoms with Gasteiger partial charge in [0.15, 0.2) is 0 Å². The Kier molecular flexibility index (Phi) is 3.12. The van der Waals surface area contributed by atoms with Crippen LogP contribution in [0.1, 0.15) is 11.4 Å². The average Bonchev–Trinajstić information content (AvgIpc) is 3.26. The summed E-state index contributed by atoms with van der Waals surface area (Å²) >= 11 is 0. The third-order valence-corrected chi connectivity index (χ3v) is 6.39. The first-order chi connectivity index (χ1) is 14.6. The normalized spacial score (nSPS) is 11.6. The molecule has 4 heteroatoms. The van der Waals surface area contributed by atoms with Crippen molar-refractivity contribution in [2.75, 3.05) is 0 Å². The summed E-state index contributed by atoms with van der Waals surface area (Å²) in [6.07, 6.45) is 0. The number of aromatic nitrogens is 2. The molecule has 140 valence electrons. The molecule has 0 saturated heterocycles. The Morgan fingerprint density at radius 3 is 1.37 bits per heavy atom. The summed E-state index contributed by atoms with van der Waals surface area (Å²) in [6, 6.07) is 25.8. The van der Waals surface area contributed by atoms with Crippen molar-refractivity contribution in [3.8, 4) is 12.1 Å². The molecular formula is C26H16N4. The second-order valence-electron chi connectivity index (χ2n) is 7.89. The van der Waals surface area contributed by atoms with E-state index < -0.39 is 0 Å². The molecule has 0 radical (unpaired) electrons. The monoisotopic (exact) mass is 384 g/mol. The van der Waals surface area contributed by atoms with Crippen LogP contribution in [0.15, 0.2) is 60.7 Å². The summed E-state index contributed by atoms with van der Waals surface area (Å²) in [4.78, 5) is 0. The van der Waals surface area contributed by atoms with E-state index in [0.29, 0.717) is 11.4 Å². The fraction of sp³-hybridized carbons (Fsp3) is 0.0769. The van der Waals surface area contributed by atoms with E-state index in [0.717, 1.165) is 32.6 Å². The van der Waals surface area contributed by atoms with Crippen molar-refractivity contribution in [3.05, 3.63) is 72.1 Å². The minimum Gasteiger partial charge on any atom is -0.335 e. The van der Waals surface area contributed by atoms with Crippen LogP contribution in [0.25, 0.3) is 54.1 Å². The van der Waals surface area contributed by atoms with E-state index in [1.165, 1.54) is 21.5 Å². The highest BCUT2D eigenvalue weighted by Crippen LogP contribution is 2.36. The highest BCUT2D eigenvalue weighted by atomic mass is 14.9. The average molecular weight is 384 g/mol. The molecule has 0 aliphatic rings. The lowest BCUT2D eigenvalue weighted by Gasteiger charge is -2.10. The zero-order valence-corrected chi connectivity index (χ0v) is 16.6. The van der Waals surface area contributed by atoms with Crippen LogP contribution in [0.5, 0.6) is 0 Å². The third kappa shape index (κ3) is 2.03. The van der Waals surface area contributed by atoms with E-state index in [1.807, 2.05) is 35.4 Å². The van der Waals surface area contributed by atoms with E-state index >= 15 is 0 Å². The molecule has 6 aromatic rings. The zero-order chi connectivity index (χ0) is 20.6. The summed E-state index contributed by atoms with van der Waals surface area (Å²) in [7, 11) is 3.87. The summed E-state index contributed by atoms with van der Waals surface area (Å²) in [5, 5.41) is 28.0. The molecule has 6 rings (SSSR count). The van der Waals surface area contributed by atoms with Crippen LogP contribution in [0, 0.1) is 22.7 Å². The Hall–Kier alpha value is -4.28. The molecule has 30 heavy (non-hydrogen) atoms. The predicted octanol–water partition coefficient (Wildman–Crippen LogP) is 5.87. The van der Waals surface area contributed by atoms with E-state index in [1.54, 1.807) is 0 Å². The molecule has 0 unspecified atom stereocenters. The minimum atomic E-state index is 0.662. The van der Waals surface area contributed by atoms with Gasteiger partial charge in [-0.25, -0.2) is 0 Å². The molecule has 0 aliphatic carbocycles. The van der Waals surface area contributed by atoms with Gasteiger partial charge in [-0.05, 0) is 68.7 Å². The predicted molar refractivity (Wildman–Crippen MR) is 121 cm³/mol. The number of rotatable bonds is 0. The van der Waals surface area contributed by atoms with Gasteiger partial charge in [0, 0.05) is 35.9 Å². The summed E-state index contributed by atoms with van der Waals surface area (Å²) in [6.45, 7) is 0. The standard InChI is InChI=1S/C26H16N4/c1-29-19(13-27)9-17-7-15-3-6-22-21(23(15)11-25(17)29)5-4-16-8-18-10-20(14-28)30(2)26(18)12-24(16)22/h3-12H,1-2H3. The lowest BCUT2D eigenvalue weighted by molar-refractivity contribution is 0.948. The van der Waals surface area contributed by atoms with Gasteiger partial charge in [0.05, 0.1) is 0 Å². The quantitative estimate of drug-likeness (QED) is 0.307. The van der Waals surface area contributed by atoms with Crippen LogP contribution in [0.3, 0.4) is 0 Å². The molecule has 4 nitrogen and oxygen atoms in total. The van der Waals surface area contributed by atoms with Crippen molar-refractivity contribution in [2.45, 2.75) is 0 Å². The first-order valence-corrected chi connectivity index (χ1v) is 9.77. The molecule has 0 saturated carbocycles. The van der Waals surface area contributed by atoms with Crippen molar-refractivity contribution >= 4 is 54.1 Å². The van der Waals surface area contributed by atoms with E-state index in [-0.39, 0.29) is 0 Å². The van der Waals surface area contributed by atoms with E-state index in [9.17, 15) is 10.5 Å². The Labute approximate surface area is 172 Å². The van der Waals surface area contributed by atoms with Crippen molar-refractivity contribution in [2.24, 2.45) is 14.1 Å². The van der Waals surface area contributed by atoms with Gasteiger partial charge < -0.3 is 9.13 Å². The van der Waals surface area contributed by atoms with Gasteiger partial charge in [-0.15, -0.1) is 0 Å². The lowest BCUT2D eigenvalue weighted by atomic mass is 9.95. The first-order valence-electron chi connectivity index (χ1n) is 9.77. The fourth-order valence-corrected chi connectivity index (χ4v) is 4.76. The number of fused-ring (bicyclic) bond motifs is 7. The maximum atomic E-state index is 9.38. The van der Waals surface area contributed by atoms with Gasteiger partial charge in [0.2, 0.25) is 0 Å². The summed E-state index contributed by atoms with van der Waals surface area (Å²) in [5.74, 6) is 0. The number of hydrogen-bond acceptors (Lipinski definition) is 2. The van der Waals surface area contributed by atoms with Gasteiger partial charge in [0.1, 0.15) is 23.5 Å². The highest BCUT2D eigenvalue weighted by molar-refractivity contribution is 6.20. The fourth-order valence-electron chi connectivity index (χ4n) is 4.76. The molecular weight excluding hydrogens is 368 g/mol. The van der Waals surface area contributed by atoms with E-state index in [4.69, 9.17) is 0 Å². The SMILES string of the molecule is Cn1c(C#N)cc2cc3ccc4c5cc6c(cc(C#N)n6C)cc5ccc4c3cc21. The Balaban J connectivity index is 1.76. The second-order valence-corrected chi connectivity index (χ2v) is 7.89. The number of benzene rings is 4. The summed E-state index contributed by atoms with van der Waals surface area (Å²) in [5.41, 5.74) is 3.44. The summed E-state index contributed by atoms with van der Waals surface area (Å²) < 4.78 is 3.90. The molecule has 4 aromatic carbocycles. The van der Waals surface area contributed by atoms with Crippen LogP contribution in [0.2, 0.25) is 0 Å². The van der Waals surface area contributed by atoms with Gasteiger partial charge in [-0.3, -0.25) is 0 Å². The molecule has 0 amide bonds. The third-order valence-electron chi connectivity index (χ3n) is 6.39. The molecule has 0 atom stereocenters. The molecule has 0 fully saturated rings. The number of nitrogens with zero attached hydrogens (tertiary/aromatic N) is 4. The van der Waals surface area contributed by atoms with E-state index in [2.05, 4.69) is 60.7 Å². The maximum absolute atomic E-state index is 9.38. The van der Waals surface area contributed by atoms with Crippen LogP contribution in [-0.4, -0.2) is 9.13 Å². The molecule has 2 heterocycles. The van der Waals surface area contributed by atoms with Gasteiger partial charge in [0.25, 0.3) is 0 Å². The highest BCUT2D eigenvalue weighted by Gasteiger charge is 2.12. The van der Waals surface area contributed by atoms with Gasteiger partial charge in [-0.1, -0.05) is 24.3 Å². The van der Waals surface area contributed by atoms with Crippen LogP contribution >= 0.6 is 0 Å². The van der Waals surface area contributed by atoms with Crippen molar-refractivity contribution in [1.29, 1.82) is 10.5 Å². The second kappa shape index (κ2) is 5.63. The Morgan fingerprint density at radius 1 is 0.533 bits per heavy atom. The number of hydrogen-bond donors (Lipinski definition) is 0. The molecule has 0 bridgehead atoms. The first kappa shape index (κ1) is 16.7. The molecule has 0 N–H and O–H groups in total. The largest absolute Gasteiger partial charge is 0.335 e. The minimum absolute atomic E-state index is 0.662. The van der Waals surface area contributed by atoms with Crippen molar-refractivity contribution in [1.82, 2.24) is 9.13 Å². The lowest BCUT2D eigenvalue weighted by Crippen LogP contribution is -1.91. The smallest absolute Gasteiger partial charge is 0.121 e. The van der Waals surface area contributed by atoms with Gasteiger partial charge in [-0.2, -0.15) is 10.5 Å². The topological polar surface area (TPSA) is 57.4 Å². The molecule has 0 aliphatic heterocycles. The number of nitriles is 2. The Bertz CT molecular complexity index is 1650. The number of aryl methyl sites for hydroxylation is 2. The van der Waals surface area contributed by atoms with Crippen molar-refractivity contribution < 1.29 is 0 Å². The molecule has 2 aromatic heterocycles. The molecule has 0 spiro atoms. The van der Waals surface area contributed by atoms with Crippen LogP contribution < -0.4 is 0 Å². The van der Waals surface area contributed by atoms with Crippen molar-refractivity contribution in [3.63, 3.8) is 0 Å². The maximum Gasteiger partial charge on any atom is 0.121 e. The zero-order valence-electron chi connectivity index (χ0n) is 16.6.